The summed E-state index contributed by atoms with van der Waals surface area (Å²) in [7, 11) is 0. The first-order valence-electron chi connectivity index (χ1n) is 18.7. The van der Waals surface area contributed by atoms with Gasteiger partial charge in [-0.25, -0.2) is 0 Å². The van der Waals surface area contributed by atoms with Crippen LogP contribution in [0.4, 0.5) is 0 Å². The Kier molecular flexibility index (Phi) is 23.9. The summed E-state index contributed by atoms with van der Waals surface area (Å²) in [5.74, 6) is 0.141. The third-order valence-electron chi connectivity index (χ3n) is 8.26. The highest BCUT2D eigenvalue weighted by Gasteiger charge is 2.24. The Hall–Kier alpha value is -3.98. The molecule has 0 saturated carbocycles. The lowest BCUT2D eigenvalue weighted by molar-refractivity contribution is 0.0375. The summed E-state index contributed by atoms with van der Waals surface area (Å²) in [5.41, 5.74) is 7.99. The molecule has 0 rings (SSSR count). The molecule has 0 aromatic rings. The molecule has 0 spiro atoms. The molecule has 2 N–H and O–H groups in total. The number of rotatable bonds is 20. The van der Waals surface area contributed by atoms with Crippen molar-refractivity contribution in [2.45, 2.75) is 121 Å². The second-order valence-corrected chi connectivity index (χ2v) is 15.6. The van der Waals surface area contributed by atoms with Gasteiger partial charge in [0.05, 0.1) is 11.2 Å². The molecular weight excluding hydrogens is 633 g/mol. The van der Waals surface area contributed by atoms with Crippen molar-refractivity contribution in [2.75, 3.05) is 0 Å². The molecule has 2 nitrogen and oxygen atoms in total. The van der Waals surface area contributed by atoms with Crippen molar-refractivity contribution in [2.24, 2.45) is 11.8 Å². The Balaban J connectivity index is 5.08. The van der Waals surface area contributed by atoms with Crippen LogP contribution in [0.15, 0.2) is 178 Å². The lowest BCUT2D eigenvalue weighted by Gasteiger charge is -2.26. The van der Waals surface area contributed by atoms with E-state index in [0.29, 0.717) is 0 Å². The average molecular weight is 705 g/mol. The van der Waals surface area contributed by atoms with Gasteiger partial charge in [0.2, 0.25) is 0 Å². The maximum Gasteiger partial charge on any atom is 0.0657 e. The fraction of sp³-hybridized carbons (Fsp3) is 0.400. The quantitative estimate of drug-likeness (QED) is 0.0978. The SMILES string of the molecule is CC(C)=CC[C@@H](/C=C/C(C)=C/C=C/C(C)=C/C=C/C(C)=C/C=C/C=C(C)/C=C/C=C(C)/C=C/C=C(C)/C=C/[C@H](CC=C(C)C)C(C)(C)O)C(C)(C)O. The van der Waals surface area contributed by atoms with E-state index in [2.05, 4.69) is 203 Å². The van der Waals surface area contributed by atoms with Gasteiger partial charge in [0.15, 0.2) is 0 Å². The van der Waals surface area contributed by atoms with Gasteiger partial charge in [0, 0.05) is 11.8 Å². The van der Waals surface area contributed by atoms with Gasteiger partial charge in [-0.05, 0) is 110 Å². The zero-order chi connectivity index (χ0) is 39.7. The van der Waals surface area contributed by atoms with E-state index in [-0.39, 0.29) is 11.8 Å². The first kappa shape index (κ1) is 48.0. The summed E-state index contributed by atoms with van der Waals surface area (Å²) in [4.78, 5) is 0. The van der Waals surface area contributed by atoms with Crippen molar-refractivity contribution >= 4 is 0 Å². The molecule has 0 fully saturated rings. The molecular formula is C50H72O2. The van der Waals surface area contributed by atoms with Gasteiger partial charge in [-0.3, -0.25) is 0 Å². The van der Waals surface area contributed by atoms with E-state index in [1.165, 1.54) is 33.4 Å². The molecule has 0 heterocycles. The van der Waals surface area contributed by atoms with Gasteiger partial charge in [-0.1, -0.05) is 178 Å². The molecule has 0 amide bonds. The highest BCUT2D eigenvalue weighted by Crippen LogP contribution is 2.24. The average Bonchev–Trinajstić information content (AvgIpc) is 3.01. The summed E-state index contributed by atoms with van der Waals surface area (Å²) in [6, 6.07) is 0. The Morgan fingerprint density at radius 1 is 0.385 bits per heavy atom. The van der Waals surface area contributed by atoms with Crippen LogP contribution in [0, 0.1) is 11.8 Å². The normalized spacial score (nSPS) is 16.6. The molecule has 0 unspecified atom stereocenters. The van der Waals surface area contributed by atoms with E-state index in [1.54, 1.807) is 0 Å². The van der Waals surface area contributed by atoms with Crippen LogP contribution in [0.2, 0.25) is 0 Å². The lowest BCUT2D eigenvalue weighted by atomic mass is 9.87. The van der Waals surface area contributed by atoms with Crippen LogP contribution in [0.3, 0.4) is 0 Å². The van der Waals surface area contributed by atoms with E-state index in [9.17, 15) is 10.2 Å². The largest absolute Gasteiger partial charge is 0.390 e. The van der Waals surface area contributed by atoms with Gasteiger partial charge in [-0.2, -0.15) is 0 Å². The zero-order valence-electron chi connectivity index (χ0n) is 35.2. The Morgan fingerprint density at radius 3 is 0.846 bits per heavy atom. The smallest absolute Gasteiger partial charge is 0.0657 e. The van der Waals surface area contributed by atoms with E-state index in [4.69, 9.17) is 0 Å². The molecule has 0 saturated heterocycles. The van der Waals surface area contributed by atoms with Crippen LogP contribution < -0.4 is 0 Å². The van der Waals surface area contributed by atoms with Crippen molar-refractivity contribution in [3.05, 3.63) is 178 Å². The van der Waals surface area contributed by atoms with Crippen molar-refractivity contribution < 1.29 is 10.2 Å². The molecule has 0 bridgehead atoms. The Labute approximate surface area is 320 Å². The van der Waals surface area contributed by atoms with E-state index in [1.807, 2.05) is 27.7 Å². The predicted octanol–water partition coefficient (Wildman–Crippen LogP) is 14.0. The summed E-state index contributed by atoms with van der Waals surface area (Å²) >= 11 is 0. The highest BCUT2D eigenvalue weighted by molar-refractivity contribution is 5.34. The minimum Gasteiger partial charge on any atom is -0.390 e. The van der Waals surface area contributed by atoms with Crippen molar-refractivity contribution in [1.82, 2.24) is 0 Å². The first-order valence-corrected chi connectivity index (χ1v) is 18.7. The topological polar surface area (TPSA) is 40.5 Å². The third kappa shape index (κ3) is 26.8. The molecule has 0 aliphatic heterocycles. The minimum absolute atomic E-state index is 0.0703. The van der Waals surface area contributed by atoms with Crippen LogP contribution in [0.1, 0.15) is 110 Å². The Bertz CT molecular complexity index is 1430. The van der Waals surface area contributed by atoms with E-state index in [0.717, 1.165) is 24.0 Å². The third-order valence-corrected chi connectivity index (χ3v) is 8.26. The molecule has 284 valence electrons. The monoisotopic (exact) mass is 705 g/mol. The fourth-order valence-corrected chi connectivity index (χ4v) is 4.62. The fourth-order valence-electron chi connectivity index (χ4n) is 4.62. The molecule has 0 radical (unpaired) electrons. The van der Waals surface area contributed by atoms with Crippen LogP contribution in [0.25, 0.3) is 0 Å². The summed E-state index contributed by atoms with van der Waals surface area (Å²) < 4.78 is 0. The maximum absolute atomic E-state index is 10.5. The highest BCUT2D eigenvalue weighted by atomic mass is 16.3. The lowest BCUT2D eigenvalue weighted by Crippen LogP contribution is -2.29. The maximum atomic E-state index is 10.5. The molecule has 0 aromatic heterocycles. The standard InChI is InChI=1S/C50H72O2/c1-39(2)31-35-47(49(11,12)51)37-33-45(9)29-19-27-43(7)25-17-23-41(5)21-15-16-22-42(6)24-18-26-44(8)28-20-30-46(10)34-38-48(50(13,14)52)36-32-40(3)4/h15-34,37-38,47-48,51-52H,35-36H2,1-14H3/b16-15+,23-17+,24-18+,27-19+,28-20+,37-33+,38-34+,41-21+,42-22+,43-25+,44-26+,45-29+,46-30+/t47-,48-/m0/s1. The molecule has 2 atom stereocenters. The van der Waals surface area contributed by atoms with Crippen LogP contribution in [-0.4, -0.2) is 21.4 Å². The predicted molar refractivity (Wildman–Crippen MR) is 234 cm³/mol. The molecule has 0 aliphatic rings. The van der Waals surface area contributed by atoms with Gasteiger partial charge >= 0.3 is 0 Å². The first-order chi connectivity index (χ1) is 24.2. The van der Waals surface area contributed by atoms with Gasteiger partial charge in [0.1, 0.15) is 0 Å². The van der Waals surface area contributed by atoms with Gasteiger partial charge in [0.25, 0.3) is 0 Å². The number of hydrogen-bond acceptors (Lipinski definition) is 2. The number of hydrogen-bond donors (Lipinski definition) is 2. The molecule has 0 aliphatic carbocycles. The summed E-state index contributed by atoms with van der Waals surface area (Å²) in [6.45, 7) is 28.4. The molecule has 2 heteroatoms. The van der Waals surface area contributed by atoms with Crippen molar-refractivity contribution in [1.29, 1.82) is 0 Å². The minimum atomic E-state index is -0.761. The Morgan fingerprint density at radius 2 is 0.615 bits per heavy atom. The molecule has 0 aromatic carbocycles. The molecule has 52 heavy (non-hydrogen) atoms. The van der Waals surface area contributed by atoms with Crippen molar-refractivity contribution in [3.8, 4) is 0 Å². The van der Waals surface area contributed by atoms with Gasteiger partial charge < -0.3 is 10.2 Å². The van der Waals surface area contributed by atoms with Crippen LogP contribution in [-0.2, 0) is 0 Å². The van der Waals surface area contributed by atoms with E-state index >= 15 is 0 Å². The van der Waals surface area contributed by atoms with Gasteiger partial charge in [-0.15, -0.1) is 0 Å². The summed E-state index contributed by atoms with van der Waals surface area (Å²) in [5, 5.41) is 21.1. The number of aliphatic hydroxyl groups is 2. The second kappa shape index (κ2) is 25.9. The van der Waals surface area contributed by atoms with E-state index < -0.39 is 11.2 Å². The van der Waals surface area contributed by atoms with Crippen LogP contribution >= 0.6 is 0 Å². The van der Waals surface area contributed by atoms with Crippen molar-refractivity contribution in [3.63, 3.8) is 0 Å². The summed E-state index contributed by atoms with van der Waals surface area (Å²) in [6.07, 6.45) is 47.9. The zero-order valence-corrected chi connectivity index (χ0v) is 35.2. The second-order valence-electron chi connectivity index (χ2n) is 15.6. The number of allylic oxidation sites excluding steroid dienone is 28. The van der Waals surface area contributed by atoms with Crippen LogP contribution in [0.5, 0.6) is 0 Å².